The van der Waals surface area contributed by atoms with Crippen LogP contribution in [0.2, 0.25) is 0 Å². The molecule has 0 amide bonds. The monoisotopic (exact) mass is 268 g/mol. The lowest BCUT2D eigenvalue weighted by atomic mass is 10.0. The van der Waals surface area contributed by atoms with Gasteiger partial charge in [0.2, 0.25) is 0 Å². The molecule has 1 aromatic rings. The lowest BCUT2D eigenvalue weighted by Gasteiger charge is -2.08. The van der Waals surface area contributed by atoms with Crippen molar-refractivity contribution >= 4 is 11.8 Å². The fourth-order valence-electron chi connectivity index (χ4n) is 1.66. The van der Waals surface area contributed by atoms with Gasteiger partial charge in [-0.1, -0.05) is 0 Å². The molecule has 5 heteroatoms. The average molecular weight is 268 g/mol. The predicted octanol–water partition coefficient (Wildman–Crippen LogP) is 2.29. The number of halogens is 1. The van der Waals surface area contributed by atoms with Crippen LogP contribution in [0.25, 0.3) is 0 Å². The quantitative estimate of drug-likeness (QED) is 0.712. The first kappa shape index (κ1) is 15.1. The lowest BCUT2D eigenvalue weighted by molar-refractivity contribution is -0.144. The summed E-state index contributed by atoms with van der Waals surface area (Å²) in [5.41, 5.74) is 0.483. The average Bonchev–Trinajstić information content (AvgIpc) is 2.37. The maximum Gasteiger partial charge on any atom is 0.306 e. The van der Waals surface area contributed by atoms with E-state index in [-0.39, 0.29) is 25.0 Å². The van der Waals surface area contributed by atoms with Crippen molar-refractivity contribution in [3.8, 4) is 5.75 Å². The number of Topliss-reactive ketones (excluding diaryl/α,β-unsaturated/α-hetero) is 1. The number of carbonyl (C=O) groups excluding carboxylic acids is 2. The Labute approximate surface area is 111 Å². The van der Waals surface area contributed by atoms with E-state index in [0.29, 0.717) is 17.9 Å². The summed E-state index contributed by atoms with van der Waals surface area (Å²) in [7, 11) is 1.46. The largest absolute Gasteiger partial charge is 0.496 e. The van der Waals surface area contributed by atoms with Crippen LogP contribution in [0.5, 0.6) is 5.75 Å². The number of methoxy groups -OCH3 is 1. The molecule has 0 saturated carbocycles. The minimum absolute atomic E-state index is 0.0420. The molecule has 0 atom stereocenters. The Morgan fingerprint density at radius 1 is 1.26 bits per heavy atom. The highest BCUT2D eigenvalue weighted by atomic mass is 19.1. The van der Waals surface area contributed by atoms with Gasteiger partial charge in [0.25, 0.3) is 0 Å². The zero-order valence-electron chi connectivity index (χ0n) is 11.1. The Kier molecular flexibility index (Phi) is 5.99. The van der Waals surface area contributed by atoms with Crippen LogP contribution in [-0.2, 0) is 20.7 Å². The van der Waals surface area contributed by atoms with Gasteiger partial charge >= 0.3 is 5.97 Å². The van der Waals surface area contributed by atoms with Crippen LogP contribution in [0.4, 0.5) is 4.39 Å². The minimum Gasteiger partial charge on any atom is -0.496 e. The van der Waals surface area contributed by atoms with E-state index in [1.165, 1.54) is 25.3 Å². The zero-order chi connectivity index (χ0) is 14.3. The Bertz CT molecular complexity index is 457. The van der Waals surface area contributed by atoms with Crippen molar-refractivity contribution in [1.29, 1.82) is 0 Å². The summed E-state index contributed by atoms with van der Waals surface area (Å²) in [6, 6.07) is 4.01. The van der Waals surface area contributed by atoms with Crippen LogP contribution in [-0.4, -0.2) is 25.5 Å². The molecule has 0 spiro atoms. The van der Waals surface area contributed by atoms with Crippen molar-refractivity contribution in [3.63, 3.8) is 0 Å². The van der Waals surface area contributed by atoms with Gasteiger partial charge in [-0.05, 0) is 25.1 Å². The Morgan fingerprint density at radius 3 is 2.63 bits per heavy atom. The molecule has 19 heavy (non-hydrogen) atoms. The van der Waals surface area contributed by atoms with E-state index in [1.807, 2.05) is 0 Å². The standard InChI is InChI=1S/C14H17FO4/c1-3-19-14(17)7-5-12(16)9-10-8-11(15)4-6-13(10)18-2/h4,6,8H,3,5,7,9H2,1-2H3. The van der Waals surface area contributed by atoms with Gasteiger partial charge in [0.05, 0.1) is 20.1 Å². The van der Waals surface area contributed by atoms with Crippen molar-refractivity contribution in [2.24, 2.45) is 0 Å². The third-order valence-corrected chi connectivity index (χ3v) is 2.54. The van der Waals surface area contributed by atoms with Crippen LogP contribution in [0.1, 0.15) is 25.3 Å². The van der Waals surface area contributed by atoms with Crippen LogP contribution in [0, 0.1) is 5.82 Å². The maximum atomic E-state index is 13.1. The summed E-state index contributed by atoms with van der Waals surface area (Å²) >= 11 is 0. The molecule has 1 aromatic carbocycles. The Morgan fingerprint density at radius 2 is 2.00 bits per heavy atom. The van der Waals surface area contributed by atoms with E-state index in [0.717, 1.165) is 0 Å². The number of esters is 1. The van der Waals surface area contributed by atoms with Crippen molar-refractivity contribution in [2.75, 3.05) is 13.7 Å². The molecule has 0 bridgehead atoms. The fraction of sp³-hybridized carbons (Fsp3) is 0.429. The number of rotatable bonds is 7. The van der Waals surface area contributed by atoms with Crippen LogP contribution in [0.15, 0.2) is 18.2 Å². The van der Waals surface area contributed by atoms with E-state index in [1.54, 1.807) is 6.92 Å². The van der Waals surface area contributed by atoms with Crippen LogP contribution >= 0.6 is 0 Å². The molecule has 0 N–H and O–H groups in total. The Hall–Kier alpha value is -1.91. The first-order valence-corrected chi connectivity index (χ1v) is 6.06. The highest BCUT2D eigenvalue weighted by Gasteiger charge is 2.12. The third kappa shape index (κ3) is 5.07. The predicted molar refractivity (Wildman–Crippen MR) is 67.5 cm³/mol. The number of ketones is 1. The molecule has 1 rings (SSSR count). The van der Waals surface area contributed by atoms with E-state index in [2.05, 4.69) is 0 Å². The molecule has 0 aliphatic carbocycles. The summed E-state index contributed by atoms with van der Waals surface area (Å²) < 4.78 is 22.9. The van der Waals surface area contributed by atoms with Gasteiger partial charge in [-0.3, -0.25) is 9.59 Å². The number of carbonyl (C=O) groups is 2. The summed E-state index contributed by atoms with van der Waals surface area (Å²) in [5.74, 6) is -0.515. The molecule has 0 aliphatic heterocycles. The van der Waals surface area contributed by atoms with Gasteiger partial charge < -0.3 is 9.47 Å². The number of ether oxygens (including phenoxy) is 2. The van der Waals surface area contributed by atoms with Crippen molar-refractivity contribution < 1.29 is 23.5 Å². The zero-order valence-corrected chi connectivity index (χ0v) is 11.1. The molecular formula is C14H17FO4. The van der Waals surface area contributed by atoms with Gasteiger partial charge in [-0.25, -0.2) is 4.39 Å². The second kappa shape index (κ2) is 7.51. The molecule has 0 saturated heterocycles. The first-order valence-electron chi connectivity index (χ1n) is 6.06. The molecule has 4 nitrogen and oxygen atoms in total. The second-order valence-electron chi connectivity index (χ2n) is 3.98. The summed E-state index contributed by atoms with van der Waals surface area (Å²) in [4.78, 5) is 22.8. The topological polar surface area (TPSA) is 52.6 Å². The number of hydrogen-bond acceptors (Lipinski definition) is 4. The molecule has 0 radical (unpaired) electrons. The van der Waals surface area contributed by atoms with Gasteiger partial charge in [-0.2, -0.15) is 0 Å². The van der Waals surface area contributed by atoms with E-state index < -0.39 is 11.8 Å². The maximum absolute atomic E-state index is 13.1. The summed E-state index contributed by atoms with van der Waals surface area (Å²) in [5, 5.41) is 0. The molecule has 0 aliphatic rings. The van der Waals surface area contributed by atoms with E-state index >= 15 is 0 Å². The van der Waals surface area contributed by atoms with E-state index in [4.69, 9.17) is 9.47 Å². The van der Waals surface area contributed by atoms with E-state index in [9.17, 15) is 14.0 Å². The third-order valence-electron chi connectivity index (χ3n) is 2.54. The van der Waals surface area contributed by atoms with Gasteiger partial charge in [0, 0.05) is 18.4 Å². The summed E-state index contributed by atoms with van der Waals surface area (Å²) in [6.45, 7) is 2.00. The smallest absolute Gasteiger partial charge is 0.306 e. The van der Waals surface area contributed by atoms with Crippen LogP contribution < -0.4 is 4.74 Å². The van der Waals surface area contributed by atoms with Gasteiger partial charge in [0.15, 0.2) is 0 Å². The Balaban J connectivity index is 2.57. The number of hydrogen-bond donors (Lipinski definition) is 0. The highest BCUT2D eigenvalue weighted by molar-refractivity contribution is 5.85. The number of benzene rings is 1. The molecule has 0 aromatic heterocycles. The SMILES string of the molecule is CCOC(=O)CCC(=O)Cc1cc(F)ccc1OC. The molecule has 104 valence electrons. The minimum atomic E-state index is -0.422. The van der Waals surface area contributed by atoms with Gasteiger partial charge in [0.1, 0.15) is 17.3 Å². The fourth-order valence-corrected chi connectivity index (χ4v) is 1.66. The lowest BCUT2D eigenvalue weighted by Crippen LogP contribution is -2.10. The first-order chi connectivity index (χ1) is 9.06. The molecule has 0 unspecified atom stereocenters. The molecular weight excluding hydrogens is 251 g/mol. The van der Waals surface area contributed by atoms with Crippen LogP contribution in [0.3, 0.4) is 0 Å². The summed E-state index contributed by atoms with van der Waals surface area (Å²) in [6.07, 6.45) is 0.170. The molecule has 0 fully saturated rings. The normalized spacial score (nSPS) is 10.1. The highest BCUT2D eigenvalue weighted by Crippen LogP contribution is 2.20. The van der Waals surface area contributed by atoms with Crippen molar-refractivity contribution in [1.82, 2.24) is 0 Å². The second-order valence-corrected chi connectivity index (χ2v) is 3.98. The van der Waals surface area contributed by atoms with Crippen molar-refractivity contribution in [3.05, 3.63) is 29.6 Å². The van der Waals surface area contributed by atoms with Gasteiger partial charge in [-0.15, -0.1) is 0 Å². The van der Waals surface area contributed by atoms with Crippen molar-refractivity contribution in [2.45, 2.75) is 26.2 Å². The molecule has 0 heterocycles.